The molecule has 182 valence electrons. The van der Waals surface area contributed by atoms with Gasteiger partial charge in [-0.25, -0.2) is 9.97 Å². The Hall–Kier alpha value is -3.55. The molecule has 0 aromatic carbocycles. The third-order valence-electron chi connectivity index (χ3n) is 4.63. The number of hydrogen-bond acceptors (Lipinski definition) is 8. The summed E-state index contributed by atoms with van der Waals surface area (Å²) in [4.78, 5) is 18.8. The molecule has 3 N–H and O–H groups in total. The van der Waals surface area contributed by atoms with Gasteiger partial charge in [-0.15, -0.1) is 0 Å². The summed E-state index contributed by atoms with van der Waals surface area (Å²) < 4.78 is 79.3. The first-order valence-electron chi connectivity index (χ1n) is 9.73. The number of alkyl halides is 6. The molecule has 8 nitrogen and oxygen atoms in total. The van der Waals surface area contributed by atoms with Gasteiger partial charge in [0, 0.05) is 6.20 Å². The molecule has 3 heterocycles. The number of nitrogens with zero attached hydrogens (tertiary/aromatic N) is 5. The lowest BCUT2D eigenvalue weighted by Crippen LogP contribution is -2.39. The van der Waals surface area contributed by atoms with Crippen molar-refractivity contribution < 1.29 is 31.4 Å². The highest BCUT2D eigenvalue weighted by Crippen LogP contribution is 2.34. The van der Waals surface area contributed by atoms with Crippen molar-refractivity contribution >= 4 is 17.6 Å². The van der Waals surface area contributed by atoms with Crippen LogP contribution in [0.1, 0.15) is 32.2 Å². The van der Waals surface area contributed by atoms with E-state index in [0.29, 0.717) is 0 Å². The van der Waals surface area contributed by atoms with Crippen LogP contribution in [0.2, 0.25) is 0 Å². The van der Waals surface area contributed by atoms with Crippen molar-refractivity contribution in [3.05, 3.63) is 47.9 Å². The van der Waals surface area contributed by atoms with E-state index in [1.165, 1.54) is 26.0 Å². The van der Waals surface area contributed by atoms with Crippen molar-refractivity contribution in [1.82, 2.24) is 24.9 Å². The highest BCUT2D eigenvalue weighted by Gasteiger charge is 2.36. The highest BCUT2D eigenvalue weighted by atomic mass is 19.4. The summed E-state index contributed by atoms with van der Waals surface area (Å²) in [5.41, 5.74) is -4.48. The molecule has 0 bridgehead atoms. The number of aromatic nitrogens is 5. The maximum atomic E-state index is 13.3. The van der Waals surface area contributed by atoms with Crippen LogP contribution in [0.5, 0.6) is 0 Å². The van der Waals surface area contributed by atoms with Crippen molar-refractivity contribution in [2.24, 2.45) is 0 Å². The maximum Gasteiger partial charge on any atom is 0.435 e. The number of rotatable bonds is 6. The van der Waals surface area contributed by atoms with E-state index >= 15 is 0 Å². The molecule has 0 amide bonds. The van der Waals surface area contributed by atoms with E-state index in [4.69, 9.17) is 0 Å². The van der Waals surface area contributed by atoms with Crippen molar-refractivity contribution in [2.75, 3.05) is 10.6 Å². The van der Waals surface area contributed by atoms with Crippen LogP contribution >= 0.6 is 0 Å². The SMILES string of the molecule is CC(Nc1nc(Nc2cccnc2C(F)(F)F)nc(-c2cccc(C(F)(F)F)n2)n1)C(C)(C)O. The average Bonchev–Trinajstić information content (AvgIpc) is 2.72. The molecule has 34 heavy (non-hydrogen) atoms. The van der Waals surface area contributed by atoms with Gasteiger partial charge in [0.15, 0.2) is 11.5 Å². The predicted octanol–water partition coefficient (Wildman–Crippen LogP) is 4.68. The predicted molar refractivity (Wildman–Crippen MR) is 110 cm³/mol. The van der Waals surface area contributed by atoms with Gasteiger partial charge < -0.3 is 15.7 Å². The van der Waals surface area contributed by atoms with Gasteiger partial charge in [0.05, 0.1) is 17.3 Å². The Morgan fingerprint density at radius 3 is 2.15 bits per heavy atom. The van der Waals surface area contributed by atoms with E-state index in [0.717, 1.165) is 24.4 Å². The zero-order valence-corrected chi connectivity index (χ0v) is 18.0. The third kappa shape index (κ3) is 6.07. The molecule has 3 aromatic rings. The van der Waals surface area contributed by atoms with Gasteiger partial charge in [-0.1, -0.05) is 6.07 Å². The lowest BCUT2D eigenvalue weighted by molar-refractivity contribution is -0.141. The first-order valence-corrected chi connectivity index (χ1v) is 9.73. The smallest absolute Gasteiger partial charge is 0.388 e. The van der Waals surface area contributed by atoms with Gasteiger partial charge in [0.2, 0.25) is 11.9 Å². The average molecular weight is 487 g/mol. The quantitative estimate of drug-likeness (QED) is 0.430. The van der Waals surface area contributed by atoms with Gasteiger partial charge in [0.1, 0.15) is 11.4 Å². The number of halogens is 6. The zero-order chi connectivity index (χ0) is 25.3. The van der Waals surface area contributed by atoms with Crippen LogP contribution in [-0.2, 0) is 12.4 Å². The van der Waals surface area contributed by atoms with Crippen LogP contribution in [0.4, 0.5) is 43.9 Å². The summed E-state index contributed by atoms with van der Waals surface area (Å²) in [7, 11) is 0. The Balaban J connectivity index is 2.10. The van der Waals surface area contributed by atoms with E-state index in [1.54, 1.807) is 6.92 Å². The largest absolute Gasteiger partial charge is 0.435 e. The molecular weight excluding hydrogens is 468 g/mol. The molecule has 1 unspecified atom stereocenters. The first kappa shape index (κ1) is 25.1. The van der Waals surface area contributed by atoms with Crippen LogP contribution in [0.25, 0.3) is 11.5 Å². The standard InChI is InChI=1S/C20H19F6N7O/c1-10(18(2,3)34)28-16-31-15(12-6-4-8-13(29-12)19(21,22)23)32-17(33-16)30-11-7-5-9-27-14(11)20(24,25)26/h4-10,34H,1-3H3,(H2,28,30,31,32,33). The van der Waals surface area contributed by atoms with Crippen LogP contribution < -0.4 is 10.6 Å². The Morgan fingerprint density at radius 2 is 1.53 bits per heavy atom. The van der Waals surface area contributed by atoms with E-state index in [1.807, 2.05) is 0 Å². The Bertz CT molecular complexity index is 1160. The second-order valence-corrected chi connectivity index (χ2v) is 7.75. The van der Waals surface area contributed by atoms with Gasteiger partial charge in [-0.05, 0) is 45.0 Å². The molecule has 1 atom stereocenters. The summed E-state index contributed by atoms with van der Waals surface area (Å²) in [6.07, 6.45) is -8.58. The summed E-state index contributed by atoms with van der Waals surface area (Å²) in [6.45, 7) is 4.57. The fourth-order valence-electron chi connectivity index (χ4n) is 2.55. The summed E-state index contributed by atoms with van der Waals surface area (Å²) in [5, 5.41) is 15.3. The lowest BCUT2D eigenvalue weighted by atomic mass is 10.0. The number of nitrogens with one attached hydrogen (secondary N) is 2. The number of aliphatic hydroxyl groups is 1. The summed E-state index contributed by atoms with van der Waals surface area (Å²) in [6, 6.07) is 4.75. The molecule has 3 aromatic heterocycles. The molecule has 0 aliphatic carbocycles. The minimum Gasteiger partial charge on any atom is -0.388 e. The molecule has 0 radical (unpaired) electrons. The van der Waals surface area contributed by atoms with Gasteiger partial charge in [-0.3, -0.25) is 0 Å². The van der Waals surface area contributed by atoms with Gasteiger partial charge in [0.25, 0.3) is 0 Å². The molecule has 0 saturated carbocycles. The maximum absolute atomic E-state index is 13.3. The number of anilines is 3. The Labute approximate surface area is 189 Å². The normalized spacial score (nSPS) is 13.5. The van der Waals surface area contributed by atoms with Crippen LogP contribution in [0.3, 0.4) is 0 Å². The molecule has 0 saturated heterocycles. The molecule has 0 fully saturated rings. The van der Waals surface area contributed by atoms with E-state index < -0.39 is 47.0 Å². The number of hydrogen-bond donors (Lipinski definition) is 3. The summed E-state index contributed by atoms with van der Waals surface area (Å²) in [5.74, 6) is -0.960. The van der Waals surface area contributed by atoms with Crippen molar-refractivity contribution in [3.63, 3.8) is 0 Å². The van der Waals surface area contributed by atoms with Crippen molar-refractivity contribution in [2.45, 2.75) is 44.8 Å². The molecule has 0 aliphatic heterocycles. The topological polar surface area (TPSA) is 109 Å². The molecular formula is C20H19F6N7O. The minimum absolute atomic E-state index is 0.209. The highest BCUT2D eigenvalue weighted by molar-refractivity contribution is 5.61. The van der Waals surface area contributed by atoms with Crippen LogP contribution in [0.15, 0.2) is 36.5 Å². The van der Waals surface area contributed by atoms with Crippen molar-refractivity contribution in [1.29, 1.82) is 0 Å². The number of pyridine rings is 2. The minimum atomic E-state index is -4.79. The van der Waals surface area contributed by atoms with Crippen molar-refractivity contribution in [3.8, 4) is 11.5 Å². The Kier molecular flexibility index (Phi) is 6.64. The summed E-state index contributed by atoms with van der Waals surface area (Å²) >= 11 is 0. The van der Waals surface area contributed by atoms with Crippen LogP contribution in [-0.4, -0.2) is 41.7 Å². The first-order chi connectivity index (χ1) is 15.6. The molecule has 14 heteroatoms. The molecule has 3 rings (SSSR count). The third-order valence-corrected chi connectivity index (χ3v) is 4.63. The van der Waals surface area contributed by atoms with Gasteiger partial charge in [-0.2, -0.15) is 41.3 Å². The Morgan fingerprint density at radius 1 is 0.853 bits per heavy atom. The second-order valence-electron chi connectivity index (χ2n) is 7.75. The molecule has 0 aliphatic rings. The lowest BCUT2D eigenvalue weighted by Gasteiger charge is -2.26. The van der Waals surface area contributed by atoms with E-state index in [9.17, 15) is 31.4 Å². The molecule has 0 spiro atoms. The van der Waals surface area contributed by atoms with E-state index in [-0.39, 0.29) is 17.5 Å². The van der Waals surface area contributed by atoms with Gasteiger partial charge >= 0.3 is 12.4 Å². The fourth-order valence-corrected chi connectivity index (χ4v) is 2.55. The fraction of sp³-hybridized carbons (Fsp3) is 0.350. The van der Waals surface area contributed by atoms with E-state index in [2.05, 4.69) is 35.6 Å². The zero-order valence-electron chi connectivity index (χ0n) is 18.0. The monoisotopic (exact) mass is 487 g/mol. The van der Waals surface area contributed by atoms with Crippen LogP contribution in [0, 0.1) is 0 Å². The second kappa shape index (κ2) is 9.00.